The fraction of sp³-hybridized carbons (Fsp3) is 0.333. The molecule has 0 aliphatic rings. The van der Waals surface area contributed by atoms with Gasteiger partial charge in [0.15, 0.2) is 0 Å². The molecular weight excluding hydrogens is 261 g/mol. The Kier molecular flexibility index (Phi) is 4.93. The van der Waals surface area contributed by atoms with Gasteiger partial charge in [-0.2, -0.15) is 0 Å². The second-order valence-electron chi connectivity index (χ2n) is 4.34. The molecule has 2 nitrogen and oxygen atoms in total. The number of aryl methyl sites for hydroxylation is 1. The van der Waals surface area contributed by atoms with Crippen LogP contribution in [0.1, 0.15) is 22.2 Å². The molecule has 2 aromatic rings. The van der Waals surface area contributed by atoms with Gasteiger partial charge in [-0.1, -0.05) is 6.92 Å². The summed E-state index contributed by atoms with van der Waals surface area (Å²) in [5.41, 5.74) is 6.36. The Morgan fingerprint density at radius 1 is 1.21 bits per heavy atom. The fourth-order valence-electron chi connectivity index (χ4n) is 1.86. The van der Waals surface area contributed by atoms with Gasteiger partial charge in [-0.25, -0.2) is 4.39 Å². The van der Waals surface area contributed by atoms with Gasteiger partial charge in [-0.3, -0.25) is 0 Å². The highest BCUT2D eigenvalue weighted by atomic mass is 32.1. The van der Waals surface area contributed by atoms with Gasteiger partial charge < -0.3 is 10.5 Å². The van der Waals surface area contributed by atoms with Crippen LogP contribution in [-0.2, 0) is 19.4 Å². The molecule has 0 bridgehead atoms. The summed E-state index contributed by atoms with van der Waals surface area (Å²) < 4.78 is 19.1. The van der Waals surface area contributed by atoms with E-state index in [9.17, 15) is 4.39 Å². The largest absolute Gasteiger partial charge is 0.488 e. The smallest absolute Gasteiger partial charge is 0.127 e. The summed E-state index contributed by atoms with van der Waals surface area (Å²) in [6.07, 6.45) is 1.69. The SMILES string of the molecule is CCc1ccc(COc2cc(F)cc(CCN)c2)s1. The van der Waals surface area contributed by atoms with Crippen molar-refractivity contribution in [3.8, 4) is 5.75 Å². The maximum atomic E-state index is 13.4. The van der Waals surface area contributed by atoms with Gasteiger partial charge in [0.2, 0.25) is 0 Å². The highest BCUT2D eigenvalue weighted by molar-refractivity contribution is 7.11. The molecule has 0 unspecified atom stereocenters. The zero-order valence-electron chi connectivity index (χ0n) is 11.0. The Bertz CT molecular complexity index is 539. The predicted molar refractivity (Wildman–Crippen MR) is 77.2 cm³/mol. The summed E-state index contributed by atoms with van der Waals surface area (Å²) in [5, 5.41) is 0. The molecule has 19 heavy (non-hydrogen) atoms. The summed E-state index contributed by atoms with van der Waals surface area (Å²) in [6.45, 7) is 3.12. The van der Waals surface area contributed by atoms with E-state index in [2.05, 4.69) is 19.1 Å². The Morgan fingerprint density at radius 3 is 2.68 bits per heavy atom. The van der Waals surface area contributed by atoms with Gasteiger partial charge in [0.25, 0.3) is 0 Å². The molecule has 0 fully saturated rings. The second-order valence-corrected chi connectivity index (χ2v) is 5.60. The number of hydrogen-bond acceptors (Lipinski definition) is 3. The summed E-state index contributed by atoms with van der Waals surface area (Å²) in [7, 11) is 0. The molecule has 0 saturated heterocycles. The molecule has 1 aromatic carbocycles. The number of hydrogen-bond donors (Lipinski definition) is 1. The summed E-state index contributed by atoms with van der Waals surface area (Å²) in [4.78, 5) is 2.49. The second kappa shape index (κ2) is 6.68. The summed E-state index contributed by atoms with van der Waals surface area (Å²) in [5.74, 6) is 0.288. The Labute approximate surface area is 117 Å². The molecule has 0 saturated carbocycles. The normalized spacial score (nSPS) is 10.7. The average Bonchev–Trinajstić information content (AvgIpc) is 2.84. The molecular formula is C15H18FNOS. The van der Waals surface area contributed by atoms with E-state index in [0.29, 0.717) is 25.3 Å². The van der Waals surface area contributed by atoms with Crippen LogP contribution in [0, 0.1) is 5.82 Å². The first-order chi connectivity index (χ1) is 9.21. The highest BCUT2D eigenvalue weighted by Crippen LogP contribution is 2.21. The Balaban J connectivity index is 2.02. The van der Waals surface area contributed by atoms with Crippen LogP contribution in [0.5, 0.6) is 5.75 Å². The molecule has 1 aromatic heterocycles. The lowest BCUT2D eigenvalue weighted by Gasteiger charge is -2.07. The monoisotopic (exact) mass is 279 g/mol. The van der Waals surface area contributed by atoms with Crippen molar-refractivity contribution in [2.45, 2.75) is 26.4 Å². The standard InChI is InChI=1S/C15H18FNOS/c1-2-14-3-4-15(19-14)10-18-13-8-11(5-6-17)7-12(16)9-13/h3-4,7-9H,2,5-6,10,17H2,1H3. The van der Waals surface area contributed by atoms with Crippen LogP contribution in [-0.4, -0.2) is 6.54 Å². The minimum atomic E-state index is -0.277. The molecule has 0 atom stereocenters. The highest BCUT2D eigenvalue weighted by Gasteiger charge is 2.04. The maximum Gasteiger partial charge on any atom is 0.127 e. The zero-order chi connectivity index (χ0) is 13.7. The van der Waals surface area contributed by atoms with E-state index in [0.717, 1.165) is 16.9 Å². The van der Waals surface area contributed by atoms with Gasteiger partial charge in [-0.05, 0) is 49.2 Å². The first kappa shape index (κ1) is 14.0. The average molecular weight is 279 g/mol. The van der Waals surface area contributed by atoms with Gasteiger partial charge >= 0.3 is 0 Å². The van der Waals surface area contributed by atoms with Crippen molar-refractivity contribution in [2.24, 2.45) is 5.73 Å². The minimum Gasteiger partial charge on any atom is -0.488 e. The lowest BCUT2D eigenvalue weighted by Crippen LogP contribution is -2.03. The molecule has 1 heterocycles. The molecule has 2 N–H and O–H groups in total. The third-order valence-corrected chi connectivity index (χ3v) is 4.01. The maximum absolute atomic E-state index is 13.4. The van der Waals surface area contributed by atoms with Crippen LogP contribution in [0.25, 0.3) is 0 Å². The van der Waals surface area contributed by atoms with E-state index in [-0.39, 0.29) is 5.82 Å². The lowest BCUT2D eigenvalue weighted by atomic mass is 10.1. The van der Waals surface area contributed by atoms with Crippen molar-refractivity contribution in [1.29, 1.82) is 0 Å². The lowest BCUT2D eigenvalue weighted by molar-refractivity contribution is 0.308. The molecule has 0 amide bonds. The van der Waals surface area contributed by atoms with Crippen LogP contribution >= 0.6 is 11.3 Å². The van der Waals surface area contributed by atoms with Crippen LogP contribution in [0.3, 0.4) is 0 Å². The first-order valence-corrected chi connectivity index (χ1v) is 7.23. The molecule has 0 aliphatic carbocycles. The number of thiophene rings is 1. The van der Waals surface area contributed by atoms with E-state index in [1.165, 1.54) is 17.0 Å². The van der Waals surface area contributed by atoms with Crippen LogP contribution in [0.4, 0.5) is 4.39 Å². The van der Waals surface area contributed by atoms with Crippen molar-refractivity contribution in [3.63, 3.8) is 0 Å². The van der Waals surface area contributed by atoms with Gasteiger partial charge in [0, 0.05) is 15.8 Å². The predicted octanol–water partition coefficient (Wildman–Crippen LogP) is 3.53. The van der Waals surface area contributed by atoms with Gasteiger partial charge in [0.05, 0.1) is 0 Å². The summed E-state index contributed by atoms with van der Waals surface area (Å²) in [6, 6.07) is 8.93. The molecule has 4 heteroatoms. The number of nitrogens with two attached hydrogens (primary N) is 1. The Morgan fingerprint density at radius 2 is 2.00 bits per heavy atom. The van der Waals surface area contributed by atoms with Crippen molar-refractivity contribution in [3.05, 3.63) is 51.5 Å². The topological polar surface area (TPSA) is 35.2 Å². The van der Waals surface area contributed by atoms with Crippen LogP contribution in [0.2, 0.25) is 0 Å². The van der Waals surface area contributed by atoms with Crippen molar-refractivity contribution in [1.82, 2.24) is 0 Å². The zero-order valence-corrected chi connectivity index (χ0v) is 11.8. The molecule has 0 aliphatic heterocycles. The van der Waals surface area contributed by atoms with Gasteiger partial charge in [-0.15, -0.1) is 11.3 Å². The third kappa shape index (κ3) is 4.04. The fourth-order valence-corrected chi connectivity index (χ4v) is 2.73. The van der Waals surface area contributed by atoms with E-state index >= 15 is 0 Å². The van der Waals surface area contributed by atoms with Gasteiger partial charge in [0.1, 0.15) is 18.2 Å². The van der Waals surface area contributed by atoms with E-state index in [4.69, 9.17) is 10.5 Å². The summed E-state index contributed by atoms with van der Waals surface area (Å²) >= 11 is 1.73. The van der Waals surface area contributed by atoms with Crippen molar-refractivity contribution in [2.75, 3.05) is 6.54 Å². The van der Waals surface area contributed by atoms with E-state index < -0.39 is 0 Å². The molecule has 2 rings (SSSR count). The number of halogens is 1. The third-order valence-electron chi connectivity index (χ3n) is 2.81. The quantitative estimate of drug-likeness (QED) is 0.878. The van der Waals surface area contributed by atoms with E-state index in [1.54, 1.807) is 11.3 Å². The van der Waals surface area contributed by atoms with Crippen LogP contribution in [0.15, 0.2) is 30.3 Å². The molecule has 102 valence electrons. The first-order valence-electron chi connectivity index (χ1n) is 6.41. The van der Waals surface area contributed by atoms with Crippen molar-refractivity contribution >= 4 is 11.3 Å². The van der Waals surface area contributed by atoms with Crippen molar-refractivity contribution < 1.29 is 9.13 Å². The number of benzene rings is 1. The molecule has 0 radical (unpaired) electrons. The Hall–Kier alpha value is -1.39. The number of ether oxygens (including phenoxy) is 1. The molecule has 0 spiro atoms. The van der Waals surface area contributed by atoms with E-state index in [1.807, 2.05) is 6.07 Å². The number of rotatable bonds is 6. The van der Waals surface area contributed by atoms with Crippen LogP contribution < -0.4 is 10.5 Å². The minimum absolute atomic E-state index is 0.277.